The summed E-state index contributed by atoms with van der Waals surface area (Å²) in [6.07, 6.45) is 2.30. The zero-order chi connectivity index (χ0) is 15.5. The minimum absolute atomic E-state index is 0.253. The molecule has 0 bridgehead atoms. The number of carbonyl (C=O) groups excluding carboxylic acids is 1. The Hall–Kier alpha value is -2.35. The Kier molecular flexibility index (Phi) is 4.27. The number of carbonyl (C=O) groups is 1. The van der Waals surface area contributed by atoms with Gasteiger partial charge in [-0.15, -0.1) is 10.2 Å². The monoisotopic (exact) mass is 306 g/mol. The molecule has 1 N–H and O–H groups in total. The summed E-state index contributed by atoms with van der Waals surface area (Å²) < 4.78 is 22.5. The van der Waals surface area contributed by atoms with Crippen LogP contribution in [0.3, 0.4) is 0 Å². The molecule has 21 heavy (non-hydrogen) atoms. The van der Waals surface area contributed by atoms with Gasteiger partial charge in [-0.3, -0.25) is 4.79 Å². The molecule has 0 saturated carbocycles. The number of aromatic nitrogens is 3. The summed E-state index contributed by atoms with van der Waals surface area (Å²) in [7, 11) is -3.48. The Morgan fingerprint density at radius 3 is 2.38 bits per heavy atom. The minimum Gasteiger partial charge on any atom is -0.344 e. The summed E-state index contributed by atoms with van der Waals surface area (Å²) in [4.78, 5) is 15.7. The van der Waals surface area contributed by atoms with Gasteiger partial charge in [0, 0.05) is 11.8 Å². The third kappa shape index (κ3) is 3.82. The third-order valence-electron chi connectivity index (χ3n) is 2.72. The fourth-order valence-electron chi connectivity index (χ4n) is 1.59. The topological polar surface area (TPSA) is 102 Å². The van der Waals surface area contributed by atoms with E-state index in [-0.39, 0.29) is 11.1 Å². The van der Waals surface area contributed by atoms with Gasteiger partial charge in [-0.2, -0.15) is 0 Å². The Morgan fingerprint density at radius 2 is 1.86 bits per heavy atom. The second-order valence-electron chi connectivity index (χ2n) is 4.50. The van der Waals surface area contributed by atoms with Crippen LogP contribution in [-0.4, -0.2) is 35.8 Å². The van der Waals surface area contributed by atoms with E-state index in [2.05, 4.69) is 20.5 Å². The highest BCUT2D eigenvalue weighted by Gasteiger charge is 2.16. The lowest BCUT2D eigenvalue weighted by molar-refractivity contribution is 0.0939. The van der Waals surface area contributed by atoms with Crippen LogP contribution in [0.25, 0.3) is 0 Å². The number of nitrogens with zero attached hydrogens (tertiary/aromatic N) is 3. The van der Waals surface area contributed by atoms with Crippen molar-refractivity contribution in [2.24, 2.45) is 0 Å². The highest BCUT2D eigenvalue weighted by Crippen LogP contribution is 2.09. The van der Waals surface area contributed by atoms with Gasteiger partial charge in [-0.25, -0.2) is 13.4 Å². The molecule has 0 aliphatic carbocycles. The van der Waals surface area contributed by atoms with Gasteiger partial charge in [-0.1, -0.05) is 18.2 Å². The van der Waals surface area contributed by atoms with Gasteiger partial charge in [0.15, 0.2) is 0 Å². The molecule has 8 heteroatoms. The van der Waals surface area contributed by atoms with Gasteiger partial charge >= 0.3 is 0 Å². The van der Waals surface area contributed by atoms with Crippen molar-refractivity contribution in [3.05, 3.63) is 47.8 Å². The van der Waals surface area contributed by atoms with Crippen LogP contribution >= 0.6 is 0 Å². The summed E-state index contributed by atoms with van der Waals surface area (Å²) in [5, 5.41) is 9.74. The van der Waals surface area contributed by atoms with Crippen LogP contribution in [0.15, 0.2) is 41.7 Å². The summed E-state index contributed by atoms with van der Waals surface area (Å²) in [5.74, 6) is -0.253. The van der Waals surface area contributed by atoms with Gasteiger partial charge in [0.05, 0.1) is 12.2 Å². The molecular formula is C13H14N4O3S. The van der Waals surface area contributed by atoms with Crippen molar-refractivity contribution in [1.29, 1.82) is 0 Å². The zero-order valence-electron chi connectivity index (χ0n) is 11.5. The summed E-state index contributed by atoms with van der Waals surface area (Å²) in [6, 6.07) is 8.30. The highest BCUT2D eigenvalue weighted by molar-refractivity contribution is 7.90. The third-order valence-corrected chi connectivity index (χ3v) is 3.57. The largest absolute Gasteiger partial charge is 0.344 e. The van der Waals surface area contributed by atoms with E-state index in [0.29, 0.717) is 11.3 Å². The predicted molar refractivity (Wildman–Crippen MR) is 75.3 cm³/mol. The molecular weight excluding hydrogens is 292 g/mol. The van der Waals surface area contributed by atoms with Crippen LogP contribution in [0.4, 0.5) is 0 Å². The maximum absolute atomic E-state index is 12.0. The zero-order valence-corrected chi connectivity index (χ0v) is 12.3. The number of nitrogens with one attached hydrogen (secondary N) is 1. The van der Waals surface area contributed by atoms with E-state index in [9.17, 15) is 13.2 Å². The summed E-state index contributed by atoms with van der Waals surface area (Å²) >= 11 is 0. The molecule has 0 radical (unpaired) electrons. The molecule has 0 fully saturated rings. The van der Waals surface area contributed by atoms with Crippen molar-refractivity contribution >= 4 is 15.7 Å². The second kappa shape index (κ2) is 5.96. The molecule has 1 unspecified atom stereocenters. The average Bonchev–Trinajstić information content (AvgIpc) is 2.47. The average molecular weight is 306 g/mol. The van der Waals surface area contributed by atoms with Crippen molar-refractivity contribution in [3.8, 4) is 0 Å². The normalized spacial score (nSPS) is 12.7. The number of sulfone groups is 1. The van der Waals surface area contributed by atoms with Gasteiger partial charge < -0.3 is 5.32 Å². The van der Waals surface area contributed by atoms with E-state index in [4.69, 9.17) is 0 Å². The van der Waals surface area contributed by atoms with Gasteiger partial charge in [0.25, 0.3) is 11.1 Å². The van der Waals surface area contributed by atoms with Crippen LogP contribution in [-0.2, 0) is 9.84 Å². The first-order valence-corrected chi connectivity index (χ1v) is 8.02. The summed E-state index contributed by atoms with van der Waals surface area (Å²) in [6.45, 7) is 1.71. The molecule has 1 aromatic heterocycles. The predicted octanol–water partition coefficient (Wildman–Crippen LogP) is 0.766. The minimum atomic E-state index is -3.48. The number of hydrogen-bond donors (Lipinski definition) is 1. The van der Waals surface area contributed by atoms with E-state index >= 15 is 0 Å². The van der Waals surface area contributed by atoms with Crippen LogP contribution < -0.4 is 5.32 Å². The number of amides is 1. The van der Waals surface area contributed by atoms with Crippen molar-refractivity contribution < 1.29 is 13.2 Å². The highest BCUT2D eigenvalue weighted by atomic mass is 32.2. The fourth-order valence-corrected chi connectivity index (χ4v) is 2.02. The van der Waals surface area contributed by atoms with Crippen LogP contribution in [0, 0.1) is 0 Å². The first-order valence-electron chi connectivity index (χ1n) is 6.13. The molecule has 0 aliphatic heterocycles. The van der Waals surface area contributed by atoms with E-state index in [1.807, 2.05) is 6.07 Å². The second-order valence-corrected chi connectivity index (χ2v) is 6.41. The van der Waals surface area contributed by atoms with Gasteiger partial charge in [0.2, 0.25) is 9.84 Å². The van der Waals surface area contributed by atoms with E-state index in [0.717, 1.165) is 6.26 Å². The van der Waals surface area contributed by atoms with E-state index < -0.39 is 15.9 Å². The molecule has 0 spiro atoms. The molecule has 0 saturated heterocycles. The number of hydrogen-bond acceptors (Lipinski definition) is 6. The molecule has 7 nitrogen and oxygen atoms in total. The SMILES string of the molecule is CC(NC(=O)c1ccccc1)c1cnc(S(C)(=O)=O)nn1. The van der Waals surface area contributed by atoms with Crippen LogP contribution in [0.5, 0.6) is 0 Å². The van der Waals surface area contributed by atoms with E-state index in [1.165, 1.54) is 6.20 Å². The molecule has 110 valence electrons. The standard InChI is InChI=1S/C13H14N4O3S/c1-9(15-12(18)10-6-4-3-5-7-10)11-8-14-13(17-16-11)21(2,19)20/h3-9H,1-2H3,(H,15,18). The first kappa shape index (κ1) is 15.0. The van der Waals surface area contributed by atoms with Crippen molar-refractivity contribution in [1.82, 2.24) is 20.5 Å². The quantitative estimate of drug-likeness (QED) is 0.895. The maximum Gasteiger partial charge on any atom is 0.267 e. The Bertz CT molecular complexity index is 730. The smallest absolute Gasteiger partial charge is 0.267 e. The van der Waals surface area contributed by atoms with Crippen molar-refractivity contribution in [2.75, 3.05) is 6.26 Å². The summed E-state index contributed by atoms with van der Waals surface area (Å²) in [5.41, 5.74) is 0.907. The molecule has 1 aromatic carbocycles. The molecule has 1 heterocycles. The molecule has 2 rings (SSSR count). The lowest BCUT2D eigenvalue weighted by Gasteiger charge is -2.12. The Balaban J connectivity index is 2.10. The van der Waals surface area contributed by atoms with Gasteiger partial charge in [-0.05, 0) is 19.1 Å². The molecule has 1 amide bonds. The molecule has 2 aromatic rings. The van der Waals surface area contributed by atoms with Crippen LogP contribution in [0.2, 0.25) is 0 Å². The number of rotatable bonds is 4. The fraction of sp³-hybridized carbons (Fsp3) is 0.231. The lowest BCUT2D eigenvalue weighted by Crippen LogP contribution is -2.27. The van der Waals surface area contributed by atoms with Crippen LogP contribution in [0.1, 0.15) is 29.0 Å². The lowest BCUT2D eigenvalue weighted by atomic mass is 10.2. The number of benzene rings is 1. The van der Waals surface area contributed by atoms with E-state index in [1.54, 1.807) is 31.2 Å². The molecule has 0 aliphatic rings. The Morgan fingerprint density at radius 1 is 1.19 bits per heavy atom. The Labute approximate surface area is 122 Å². The van der Waals surface area contributed by atoms with Gasteiger partial charge in [0.1, 0.15) is 5.69 Å². The van der Waals surface area contributed by atoms with Crippen molar-refractivity contribution in [2.45, 2.75) is 18.1 Å². The first-order chi connectivity index (χ1) is 9.88. The maximum atomic E-state index is 12.0. The molecule has 1 atom stereocenters. The van der Waals surface area contributed by atoms with Crippen molar-refractivity contribution in [3.63, 3.8) is 0 Å².